The Hall–Kier alpha value is -0.940. The van der Waals surface area contributed by atoms with Crippen molar-refractivity contribution in [2.24, 2.45) is 0 Å². The van der Waals surface area contributed by atoms with Crippen LogP contribution >= 0.6 is 27.7 Å². The van der Waals surface area contributed by atoms with Crippen LogP contribution in [-0.2, 0) is 0 Å². The summed E-state index contributed by atoms with van der Waals surface area (Å²) in [6.07, 6.45) is 1.09. The molecule has 100 valence electrons. The van der Waals surface area contributed by atoms with Crippen molar-refractivity contribution in [3.8, 4) is 0 Å². The van der Waals surface area contributed by atoms with Crippen LogP contribution in [0, 0.1) is 0 Å². The van der Waals surface area contributed by atoms with Crippen LogP contribution in [-0.4, -0.2) is 40.4 Å². The van der Waals surface area contributed by atoms with Gasteiger partial charge in [-0.2, -0.15) is 11.8 Å². The number of carbonyl (C=O) groups excluding carboxylic acids is 1. The smallest absolute Gasteiger partial charge is 0.270 e. The first-order valence-corrected chi connectivity index (χ1v) is 8.34. The molecule has 3 rings (SSSR count). The van der Waals surface area contributed by atoms with Gasteiger partial charge in [0.15, 0.2) is 0 Å². The van der Waals surface area contributed by atoms with Crippen molar-refractivity contribution in [1.29, 1.82) is 0 Å². The number of benzene rings is 1. The fourth-order valence-electron chi connectivity index (χ4n) is 2.33. The maximum absolute atomic E-state index is 12.5. The first-order valence-electron chi connectivity index (χ1n) is 6.39. The van der Waals surface area contributed by atoms with Crippen molar-refractivity contribution in [2.75, 3.05) is 24.6 Å². The molecule has 1 aromatic carbocycles. The molecule has 0 bridgehead atoms. The first-order chi connectivity index (χ1) is 9.24. The van der Waals surface area contributed by atoms with E-state index >= 15 is 0 Å². The van der Waals surface area contributed by atoms with Gasteiger partial charge in [-0.05, 0) is 30.4 Å². The monoisotopic (exact) mass is 338 g/mol. The maximum atomic E-state index is 12.5. The van der Waals surface area contributed by atoms with E-state index in [0.29, 0.717) is 5.69 Å². The molecule has 1 saturated heterocycles. The number of amides is 1. The normalized spacial score (nSPS) is 16.6. The number of rotatable bonds is 1. The number of aromatic amines is 1. The minimum atomic E-state index is 0.120. The first kappa shape index (κ1) is 13.1. The largest absolute Gasteiger partial charge is 0.350 e. The highest BCUT2D eigenvalue weighted by Crippen LogP contribution is 2.21. The van der Waals surface area contributed by atoms with Gasteiger partial charge in [-0.15, -0.1) is 0 Å². The number of halogens is 1. The van der Waals surface area contributed by atoms with Crippen LogP contribution in [0.3, 0.4) is 0 Å². The fraction of sp³-hybridized carbons (Fsp3) is 0.357. The molecule has 2 aromatic rings. The summed E-state index contributed by atoms with van der Waals surface area (Å²) in [5.41, 5.74) is 1.70. The summed E-state index contributed by atoms with van der Waals surface area (Å²) in [4.78, 5) is 17.7. The van der Waals surface area contributed by atoms with Crippen molar-refractivity contribution >= 4 is 44.5 Å². The molecule has 5 heteroatoms. The van der Waals surface area contributed by atoms with E-state index in [0.717, 1.165) is 46.4 Å². The van der Waals surface area contributed by atoms with Crippen molar-refractivity contribution in [1.82, 2.24) is 9.88 Å². The molecule has 0 aliphatic carbocycles. The highest BCUT2D eigenvalue weighted by molar-refractivity contribution is 9.10. The average molecular weight is 339 g/mol. The van der Waals surface area contributed by atoms with Gasteiger partial charge in [-0.1, -0.05) is 22.0 Å². The van der Waals surface area contributed by atoms with Gasteiger partial charge in [-0.3, -0.25) is 4.79 Å². The summed E-state index contributed by atoms with van der Waals surface area (Å²) in [5.74, 6) is 2.32. The second kappa shape index (κ2) is 5.59. The Balaban J connectivity index is 1.88. The van der Waals surface area contributed by atoms with E-state index in [-0.39, 0.29) is 5.91 Å². The van der Waals surface area contributed by atoms with Crippen LogP contribution in [0.1, 0.15) is 16.9 Å². The van der Waals surface area contributed by atoms with Gasteiger partial charge < -0.3 is 9.88 Å². The zero-order valence-corrected chi connectivity index (χ0v) is 12.9. The molecule has 0 unspecified atom stereocenters. The topological polar surface area (TPSA) is 36.1 Å². The number of hydrogen-bond donors (Lipinski definition) is 1. The third-order valence-electron chi connectivity index (χ3n) is 3.32. The molecule has 1 aromatic heterocycles. The number of thioether (sulfide) groups is 1. The summed E-state index contributed by atoms with van der Waals surface area (Å²) in [6, 6.07) is 7.96. The van der Waals surface area contributed by atoms with Gasteiger partial charge in [0.25, 0.3) is 5.91 Å². The second-order valence-corrected chi connectivity index (χ2v) is 6.81. The van der Waals surface area contributed by atoms with E-state index in [9.17, 15) is 4.79 Å². The van der Waals surface area contributed by atoms with Gasteiger partial charge in [0.1, 0.15) is 5.69 Å². The van der Waals surface area contributed by atoms with E-state index in [1.54, 1.807) is 0 Å². The van der Waals surface area contributed by atoms with E-state index in [2.05, 4.69) is 20.9 Å². The summed E-state index contributed by atoms with van der Waals surface area (Å²) in [6.45, 7) is 1.72. The van der Waals surface area contributed by atoms with E-state index in [4.69, 9.17) is 0 Å². The highest BCUT2D eigenvalue weighted by Gasteiger charge is 2.19. The maximum Gasteiger partial charge on any atom is 0.270 e. The van der Waals surface area contributed by atoms with Gasteiger partial charge in [0.2, 0.25) is 0 Å². The molecule has 1 aliphatic heterocycles. The summed E-state index contributed by atoms with van der Waals surface area (Å²) in [7, 11) is 0. The van der Waals surface area contributed by atoms with Crippen molar-refractivity contribution in [3.05, 3.63) is 34.4 Å². The highest BCUT2D eigenvalue weighted by atomic mass is 79.9. The van der Waals surface area contributed by atoms with Crippen LogP contribution in [0.4, 0.5) is 0 Å². The van der Waals surface area contributed by atoms with Crippen LogP contribution in [0.15, 0.2) is 28.7 Å². The zero-order chi connectivity index (χ0) is 13.2. The standard InChI is InChI=1S/C14H15BrN2OS/c15-11-3-2-10-8-13(16-12(10)9-11)14(18)17-4-1-6-19-7-5-17/h2-3,8-9,16H,1,4-7H2. The zero-order valence-electron chi connectivity index (χ0n) is 10.5. The van der Waals surface area contributed by atoms with Crippen LogP contribution in [0.25, 0.3) is 10.9 Å². The molecule has 0 radical (unpaired) electrons. The molecule has 1 aliphatic rings. The molecule has 0 atom stereocenters. The van der Waals surface area contributed by atoms with Crippen molar-refractivity contribution < 1.29 is 4.79 Å². The molecule has 3 nitrogen and oxygen atoms in total. The lowest BCUT2D eigenvalue weighted by atomic mass is 10.2. The molecule has 1 amide bonds. The Morgan fingerprint density at radius 3 is 3.05 bits per heavy atom. The SMILES string of the molecule is O=C(c1cc2ccc(Br)cc2[nH]1)N1CCCSCC1. The number of aromatic nitrogens is 1. The fourth-order valence-corrected chi connectivity index (χ4v) is 3.58. The number of fused-ring (bicyclic) bond motifs is 1. The Morgan fingerprint density at radius 1 is 1.26 bits per heavy atom. The average Bonchev–Trinajstić information content (AvgIpc) is 2.64. The second-order valence-electron chi connectivity index (χ2n) is 4.67. The molecule has 19 heavy (non-hydrogen) atoms. The van der Waals surface area contributed by atoms with Gasteiger partial charge in [0.05, 0.1) is 0 Å². The van der Waals surface area contributed by atoms with Crippen molar-refractivity contribution in [3.63, 3.8) is 0 Å². The summed E-state index contributed by atoms with van der Waals surface area (Å²) in [5, 5.41) is 1.08. The van der Waals surface area contributed by atoms with Gasteiger partial charge in [-0.25, -0.2) is 0 Å². The van der Waals surface area contributed by atoms with Gasteiger partial charge in [0, 0.05) is 34.2 Å². The lowest BCUT2D eigenvalue weighted by molar-refractivity contribution is 0.0763. The predicted molar refractivity (Wildman–Crippen MR) is 83.8 cm³/mol. The Bertz CT molecular complexity index is 603. The molecule has 0 spiro atoms. The minimum absolute atomic E-state index is 0.120. The van der Waals surface area contributed by atoms with E-state index in [1.807, 2.05) is 40.9 Å². The lowest BCUT2D eigenvalue weighted by Crippen LogP contribution is -2.33. The molecule has 1 N–H and O–H groups in total. The summed E-state index contributed by atoms with van der Waals surface area (Å²) >= 11 is 5.38. The molecule has 2 heterocycles. The number of hydrogen-bond acceptors (Lipinski definition) is 2. The number of nitrogens with zero attached hydrogens (tertiary/aromatic N) is 1. The quantitative estimate of drug-likeness (QED) is 0.863. The Labute approximate surface area is 124 Å². The molecule has 0 saturated carbocycles. The van der Waals surface area contributed by atoms with Crippen LogP contribution < -0.4 is 0 Å². The minimum Gasteiger partial charge on any atom is -0.350 e. The molecular formula is C14H15BrN2OS. The van der Waals surface area contributed by atoms with E-state index in [1.165, 1.54) is 0 Å². The number of carbonyl (C=O) groups is 1. The predicted octanol–water partition coefficient (Wildman–Crippen LogP) is 3.51. The van der Waals surface area contributed by atoms with Crippen LogP contribution in [0.5, 0.6) is 0 Å². The lowest BCUT2D eigenvalue weighted by Gasteiger charge is -2.18. The van der Waals surface area contributed by atoms with E-state index < -0.39 is 0 Å². The molecular weight excluding hydrogens is 324 g/mol. The van der Waals surface area contributed by atoms with Crippen molar-refractivity contribution in [2.45, 2.75) is 6.42 Å². The number of nitrogens with one attached hydrogen (secondary N) is 1. The summed E-state index contributed by atoms with van der Waals surface area (Å²) < 4.78 is 1.02. The Kier molecular flexibility index (Phi) is 3.84. The Morgan fingerprint density at radius 2 is 2.16 bits per heavy atom. The third kappa shape index (κ3) is 2.82. The van der Waals surface area contributed by atoms with Crippen LogP contribution in [0.2, 0.25) is 0 Å². The molecule has 1 fully saturated rings. The van der Waals surface area contributed by atoms with Gasteiger partial charge >= 0.3 is 0 Å². The third-order valence-corrected chi connectivity index (χ3v) is 4.87. The number of H-pyrrole nitrogens is 1.